The fourth-order valence-electron chi connectivity index (χ4n) is 3.17. The van der Waals surface area contributed by atoms with Gasteiger partial charge in [0.2, 0.25) is 5.91 Å². The van der Waals surface area contributed by atoms with Gasteiger partial charge in [-0.05, 0) is 59.0 Å². The van der Waals surface area contributed by atoms with Gasteiger partial charge in [-0.25, -0.2) is 4.98 Å². The molecule has 0 fully saturated rings. The van der Waals surface area contributed by atoms with Crippen molar-refractivity contribution in [2.75, 3.05) is 4.90 Å². The van der Waals surface area contributed by atoms with Crippen LogP contribution in [-0.2, 0) is 17.8 Å². The maximum absolute atomic E-state index is 13.1. The number of thiazole rings is 1. The lowest BCUT2D eigenvalue weighted by atomic mass is 10.1. The second kappa shape index (κ2) is 7.62. The Morgan fingerprint density at radius 1 is 1.07 bits per heavy atom. The molecule has 0 aliphatic carbocycles. The molecule has 0 saturated heterocycles. The summed E-state index contributed by atoms with van der Waals surface area (Å²) in [5.41, 5.74) is 5.51. The molecule has 4 rings (SSSR count). The highest BCUT2D eigenvalue weighted by atomic mass is 32.1. The first-order chi connectivity index (χ1) is 13.1. The molecular weight excluding hydrogens is 372 g/mol. The Balaban J connectivity index is 1.72. The van der Waals surface area contributed by atoms with E-state index >= 15 is 0 Å². The standard InChI is InChI=1S/C22H20N2OS2/c1-15-10-16(2)21-19(11-15)27-22(23-21)24(13-17-6-4-3-5-7-17)20(25)12-18-8-9-26-14-18/h3-11,14H,12-13H2,1-2H3. The van der Waals surface area contributed by atoms with Gasteiger partial charge in [0.15, 0.2) is 5.13 Å². The van der Waals surface area contributed by atoms with Gasteiger partial charge in [-0.2, -0.15) is 11.3 Å². The highest BCUT2D eigenvalue weighted by Gasteiger charge is 2.21. The van der Waals surface area contributed by atoms with Crippen molar-refractivity contribution in [3.05, 3.63) is 81.5 Å². The van der Waals surface area contributed by atoms with Gasteiger partial charge in [-0.15, -0.1) is 0 Å². The average molecular weight is 393 g/mol. The molecule has 0 N–H and O–H groups in total. The van der Waals surface area contributed by atoms with Crippen LogP contribution >= 0.6 is 22.7 Å². The van der Waals surface area contributed by atoms with Gasteiger partial charge in [0, 0.05) is 0 Å². The highest BCUT2D eigenvalue weighted by Crippen LogP contribution is 2.33. The summed E-state index contributed by atoms with van der Waals surface area (Å²) in [5.74, 6) is 0.0747. The zero-order chi connectivity index (χ0) is 18.8. The van der Waals surface area contributed by atoms with Crippen LogP contribution in [0.2, 0.25) is 0 Å². The monoisotopic (exact) mass is 392 g/mol. The summed E-state index contributed by atoms with van der Waals surface area (Å²) in [7, 11) is 0. The summed E-state index contributed by atoms with van der Waals surface area (Å²) >= 11 is 3.21. The van der Waals surface area contributed by atoms with Gasteiger partial charge >= 0.3 is 0 Å². The van der Waals surface area contributed by atoms with E-state index < -0.39 is 0 Å². The van der Waals surface area contributed by atoms with Gasteiger partial charge in [0.25, 0.3) is 0 Å². The van der Waals surface area contributed by atoms with Gasteiger partial charge in [-0.3, -0.25) is 9.69 Å². The summed E-state index contributed by atoms with van der Waals surface area (Å²) in [6.45, 7) is 4.70. The number of thiophene rings is 1. The first kappa shape index (κ1) is 17.9. The van der Waals surface area contributed by atoms with Crippen LogP contribution in [0.25, 0.3) is 10.2 Å². The first-order valence-corrected chi connectivity index (χ1v) is 10.6. The Labute approximate surface area is 166 Å². The van der Waals surface area contributed by atoms with Crippen molar-refractivity contribution < 1.29 is 4.79 Å². The lowest BCUT2D eigenvalue weighted by Gasteiger charge is -2.20. The third-order valence-corrected chi connectivity index (χ3v) is 6.23. The maximum atomic E-state index is 13.1. The van der Waals surface area contributed by atoms with E-state index in [1.807, 2.05) is 52.1 Å². The molecule has 0 radical (unpaired) electrons. The molecule has 0 spiro atoms. The van der Waals surface area contributed by atoms with Crippen LogP contribution in [0.4, 0.5) is 5.13 Å². The third-order valence-electron chi connectivity index (χ3n) is 4.47. The number of hydrogen-bond acceptors (Lipinski definition) is 4. The molecule has 4 aromatic rings. The Morgan fingerprint density at radius 2 is 1.89 bits per heavy atom. The smallest absolute Gasteiger partial charge is 0.233 e. The zero-order valence-corrected chi connectivity index (χ0v) is 16.9. The second-order valence-corrected chi connectivity index (χ2v) is 8.49. The Morgan fingerprint density at radius 3 is 2.63 bits per heavy atom. The summed E-state index contributed by atoms with van der Waals surface area (Å²) in [6.07, 6.45) is 0.393. The Bertz CT molecular complexity index is 1070. The van der Waals surface area contributed by atoms with E-state index in [0.29, 0.717) is 13.0 Å². The molecular formula is C22H20N2OS2. The summed E-state index contributed by atoms with van der Waals surface area (Å²) < 4.78 is 1.13. The van der Waals surface area contributed by atoms with E-state index in [1.54, 1.807) is 22.7 Å². The highest BCUT2D eigenvalue weighted by molar-refractivity contribution is 7.22. The molecule has 2 aromatic carbocycles. The molecule has 0 bridgehead atoms. The van der Waals surface area contributed by atoms with E-state index in [-0.39, 0.29) is 5.91 Å². The minimum Gasteiger partial charge on any atom is -0.283 e. The average Bonchev–Trinajstić information content (AvgIpc) is 3.30. The fourth-order valence-corrected chi connectivity index (χ4v) is 4.99. The van der Waals surface area contributed by atoms with E-state index in [2.05, 4.69) is 26.0 Å². The van der Waals surface area contributed by atoms with Gasteiger partial charge in [-0.1, -0.05) is 47.7 Å². The zero-order valence-electron chi connectivity index (χ0n) is 15.3. The number of rotatable bonds is 5. The number of carbonyl (C=O) groups excluding carboxylic acids is 1. The van der Waals surface area contributed by atoms with Crippen LogP contribution in [0, 0.1) is 13.8 Å². The van der Waals surface area contributed by atoms with Crippen molar-refractivity contribution in [3.63, 3.8) is 0 Å². The quantitative estimate of drug-likeness (QED) is 0.433. The largest absolute Gasteiger partial charge is 0.283 e. The number of amides is 1. The van der Waals surface area contributed by atoms with Crippen molar-refractivity contribution in [1.82, 2.24) is 4.98 Å². The predicted octanol–water partition coefficient (Wildman–Crippen LogP) is 5.75. The minimum atomic E-state index is 0.0747. The Kier molecular flexibility index (Phi) is 5.05. The number of nitrogens with zero attached hydrogens (tertiary/aromatic N) is 2. The molecule has 0 atom stereocenters. The summed E-state index contributed by atoms with van der Waals surface area (Å²) in [5, 5.41) is 4.81. The molecule has 0 aliphatic rings. The molecule has 2 heterocycles. The topological polar surface area (TPSA) is 33.2 Å². The molecule has 5 heteroatoms. The number of hydrogen-bond donors (Lipinski definition) is 0. The van der Waals surface area contributed by atoms with Crippen molar-refractivity contribution in [2.24, 2.45) is 0 Å². The molecule has 0 aliphatic heterocycles. The molecule has 0 saturated carbocycles. The molecule has 2 aromatic heterocycles. The maximum Gasteiger partial charge on any atom is 0.233 e. The van der Waals surface area contributed by atoms with Crippen LogP contribution in [0.15, 0.2) is 59.3 Å². The van der Waals surface area contributed by atoms with E-state index in [0.717, 1.165) is 32.0 Å². The van der Waals surface area contributed by atoms with Crippen LogP contribution in [0.1, 0.15) is 22.3 Å². The third kappa shape index (κ3) is 3.94. The van der Waals surface area contributed by atoms with Crippen LogP contribution in [-0.4, -0.2) is 10.9 Å². The number of aryl methyl sites for hydroxylation is 2. The van der Waals surface area contributed by atoms with Crippen LogP contribution in [0.5, 0.6) is 0 Å². The van der Waals surface area contributed by atoms with Crippen LogP contribution in [0.3, 0.4) is 0 Å². The predicted molar refractivity (Wildman–Crippen MR) is 115 cm³/mol. The molecule has 27 heavy (non-hydrogen) atoms. The SMILES string of the molecule is Cc1cc(C)c2nc(N(Cc3ccccc3)C(=O)Cc3ccsc3)sc2c1. The number of fused-ring (bicyclic) bond motifs is 1. The number of aromatic nitrogens is 1. The second-order valence-electron chi connectivity index (χ2n) is 6.70. The van der Waals surface area contributed by atoms with Gasteiger partial charge in [0.05, 0.1) is 23.2 Å². The van der Waals surface area contributed by atoms with Crippen molar-refractivity contribution in [1.29, 1.82) is 0 Å². The molecule has 1 amide bonds. The number of benzene rings is 2. The van der Waals surface area contributed by atoms with Gasteiger partial charge < -0.3 is 0 Å². The minimum absolute atomic E-state index is 0.0747. The number of carbonyl (C=O) groups is 1. The first-order valence-electron chi connectivity index (χ1n) is 8.83. The number of anilines is 1. The van der Waals surface area contributed by atoms with Crippen LogP contribution < -0.4 is 4.90 Å². The molecule has 136 valence electrons. The fraction of sp³-hybridized carbons (Fsp3) is 0.182. The summed E-state index contributed by atoms with van der Waals surface area (Å²) in [4.78, 5) is 19.8. The van der Waals surface area contributed by atoms with E-state index in [1.165, 1.54) is 5.56 Å². The molecule has 0 unspecified atom stereocenters. The lowest BCUT2D eigenvalue weighted by molar-refractivity contribution is -0.118. The van der Waals surface area contributed by atoms with E-state index in [9.17, 15) is 4.79 Å². The Hall–Kier alpha value is -2.50. The van der Waals surface area contributed by atoms with Crippen molar-refractivity contribution in [3.8, 4) is 0 Å². The van der Waals surface area contributed by atoms with Gasteiger partial charge in [0.1, 0.15) is 0 Å². The van der Waals surface area contributed by atoms with Crippen molar-refractivity contribution in [2.45, 2.75) is 26.8 Å². The van der Waals surface area contributed by atoms with E-state index in [4.69, 9.17) is 4.98 Å². The normalized spacial score (nSPS) is 11.0. The molecule has 3 nitrogen and oxygen atoms in total. The lowest BCUT2D eigenvalue weighted by Crippen LogP contribution is -2.31. The van der Waals surface area contributed by atoms with Crippen molar-refractivity contribution >= 4 is 43.9 Å². The summed E-state index contributed by atoms with van der Waals surface area (Å²) in [6, 6.07) is 16.4.